The molecule has 4 heteroatoms. The van der Waals surface area contributed by atoms with Crippen molar-refractivity contribution in [2.24, 2.45) is 5.92 Å². The normalized spacial score (nSPS) is 17.9. The summed E-state index contributed by atoms with van der Waals surface area (Å²) in [6, 6.07) is 0. The third-order valence-electron chi connectivity index (χ3n) is 3.07. The van der Waals surface area contributed by atoms with Gasteiger partial charge in [-0.2, -0.15) is 0 Å². The quantitative estimate of drug-likeness (QED) is 0.830. The van der Waals surface area contributed by atoms with Gasteiger partial charge in [0, 0.05) is 6.42 Å². The predicted molar refractivity (Wildman–Crippen MR) is 53.7 cm³/mol. The molecule has 0 bridgehead atoms. The van der Waals surface area contributed by atoms with Gasteiger partial charge in [0.2, 0.25) is 0 Å². The van der Waals surface area contributed by atoms with Gasteiger partial charge in [-0.25, -0.2) is 4.79 Å². The van der Waals surface area contributed by atoms with Gasteiger partial charge >= 0.3 is 5.97 Å². The van der Waals surface area contributed by atoms with Crippen molar-refractivity contribution in [3.63, 3.8) is 0 Å². The van der Waals surface area contributed by atoms with E-state index in [1.807, 2.05) is 0 Å². The van der Waals surface area contributed by atoms with Crippen molar-refractivity contribution >= 4 is 5.97 Å². The summed E-state index contributed by atoms with van der Waals surface area (Å²) in [6.45, 7) is 0. The van der Waals surface area contributed by atoms with Gasteiger partial charge in [0.1, 0.15) is 5.56 Å². The van der Waals surface area contributed by atoms with Crippen LogP contribution in [0.25, 0.3) is 0 Å². The van der Waals surface area contributed by atoms with Crippen LogP contribution in [0.15, 0.2) is 10.7 Å². The molecule has 0 amide bonds. The van der Waals surface area contributed by atoms with Crippen LogP contribution in [0.5, 0.6) is 0 Å². The lowest BCUT2D eigenvalue weighted by Crippen LogP contribution is -2.10. The zero-order chi connectivity index (χ0) is 10.7. The first-order chi connectivity index (χ1) is 7.27. The van der Waals surface area contributed by atoms with Crippen molar-refractivity contribution in [1.29, 1.82) is 0 Å². The smallest absolute Gasteiger partial charge is 0.340 e. The Morgan fingerprint density at radius 3 is 2.87 bits per heavy atom. The molecule has 0 saturated heterocycles. The molecule has 0 spiro atoms. The highest BCUT2D eigenvalue weighted by Gasteiger charge is 2.21. The molecule has 1 N–H and O–H groups in total. The zero-order valence-corrected chi connectivity index (χ0v) is 8.61. The average Bonchev–Trinajstić information content (AvgIpc) is 2.67. The van der Waals surface area contributed by atoms with Gasteiger partial charge in [-0.05, 0) is 5.92 Å². The van der Waals surface area contributed by atoms with Crippen molar-refractivity contribution < 1.29 is 14.4 Å². The number of carbonyl (C=O) groups is 1. The van der Waals surface area contributed by atoms with Crippen LogP contribution in [-0.4, -0.2) is 16.2 Å². The minimum Gasteiger partial charge on any atom is -0.478 e. The zero-order valence-electron chi connectivity index (χ0n) is 8.61. The fourth-order valence-corrected chi connectivity index (χ4v) is 2.24. The van der Waals surface area contributed by atoms with Crippen LogP contribution in [0.1, 0.15) is 48.2 Å². The van der Waals surface area contributed by atoms with Gasteiger partial charge in [-0.1, -0.05) is 37.3 Å². The summed E-state index contributed by atoms with van der Waals surface area (Å²) in [4.78, 5) is 10.8. The lowest BCUT2D eigenvalue weighted by atomic mass is 9.86. The highest BCUT2D eigenvalue weighted by atomic mass is 16.5. The number of carboxylic acids is 1. The second-order valence-electron chi connectivity index (χ2n) is 4.18. The number of aromatic carboxylic acids is 1. The van der Waals surface area contributed by atoms with Crippen molar-refractivity contribution in [2.75, 3.05) is 0 Å². The first-order valence-corrected chi connectivity index (χ1v) is 5.44. The van der Waals surface area contributed by atoms with Gasteiger partial charge < -0.3 is 9.63 Å². The first kappa shape index (κ1) is 10.2. The number of carboxylic acid groups (broad SMARTS) is 1. The molecule has 1 heterocycles. The van der Waals surface area contributed by atoms with Crippen molar-refractivity contribution in [1.82, 2.24) is 5.16 Å². The maximum Gasteiger partial charge on any atom is 0.340 e. The number of nitrogens with zero attached hydrogens (tertiary/aromatic N) is 1. The van der Waals surface area contributed by atoms with E-state index in [0.717, 1.165) is 6.42 Å². The van der Waals surface area contributed by atoms with E-state index in [0.29, 0.717) is 11.7 Å². The number of aromatic nitrogens is 1. The van der Waals surface area contributed by atoms with Gasteiger partial charge in [-0.3, -0.25) is 0 Å². The van der Waals surface area contributed by atoms with E-state index in [9.17, 15) is 4.79 Å². The molecule has 0 unspecified atom stereocenters. The lowest BCUT2D eigenvalue weighted by molar-refractivity contribution is 0.0694. The molecule has 1 aliphatic rings. The molecule has 0 aliphatic heterocycles. The van der Waals surface area contributed by atoms with E-state index in [1.165, 1.54) is 38.3 Å². The standard InChI is InChI=1S/C11H15NO3/c13-11(14)9-7-12-15-10(9)6-8-4-2-1-3-5-8/h7-8H,1-6H2,(H,13,14). The van der Waals surface area contributed by atoms with Crippen LogP contribution in [0.3, 0.4) is 0 Å². The summed E-state index contributed by atoms with van der Waals surface area (Å²) in [5.41, 5.74) is 0.223. The first-order valence-electron chi connectivity index (χ1n) is 5.44. The average molecular weight is 209 g/mol. The minimum absolute atomic E-state index is 0.223. The monoisotopic (exact) mass is 209 g/mol. The summed E-state index contributed by atoms with van der Waals surface area (Å²) in [7, 11) is 0. The summed E-state index contributed by atoms with van der Waals surface area (Å²) >= 11 is 0. The van der Waals surface area contributed by atoms with Crippen LogP contribution in [0.4, 0.5) is 0 Å². The highest BCUT2D eigenvalue weighted by Crippen LogP contribution is 2.27. The molecule has 15 heavy (non-hydrogen) atoms. The molecule has 0 atom stereocenters. The summed E-state index contributed by atoms with van der Waals surface area (Å²) in [5.74, 6) is 0.168. The molecule has 0 radical (unpaired) electrons. The van der Waals surface area contributed by atoms with Gasteiger partial charge in [0.05, 0.1) is 6.20 Å². The van der Waals surface area contributed by atoms with Crippen LogP contribution >= 0.6 is 0 Å². The third kappa shape index (κ3) is 2.37. The van der Waals surface area contributed by atoms with Crippen molar-refractivity contribution in [2.45, 2.75) is 38.5 Å². The Morgan fingerprint density at radius 1 is 1.47 bits per heavy atom. The molecule has 0 aromatic carbocycles. The van der Waals surface area contributed by atoms with Gasteiger partial charge in [-0.15, -0.1) is 0 Å². The largest absolute Gasteiger partial charge is 0.478 e. The third-order valence-corrected chi connectivity index (χ3v) is 3.07. The molecule has 1 aliphatic carbocycles. The molecule has 2 rings (SSSR count). The molecule has 1 aromatic heterocycles. The van der Waals surface area contributed by atoms with E-state index in [4.69, 9.17) is 9.63 Å². The fraction of sp³-hybridized carbons (Fsp3) is 0.636. The van der Waals surface area contributed by atoms with Gasteiger partial charge in [0.25, 0.3) is 0 Å². The van der Waals surface area contributed by atoms with Crippen LogP contribution in [-0.2, 0) is 6.42 Å². The van der Waals surface area contributed by atoms with Crippen LogP contribution < -0.4 is 0 Å². The van der Waals surface area contributed by atoms with E-state index in [1.54, 1.807) is 0 Å². The van der Waals surface area contributed by atoms with E-state index >= 15 is 0 Å². The Morgan fingerprint density at radius 2 is 2.20 bits per heavy atom. The lowest BCUT2D eigenvalue weighted by Gasteiger charge is -2.20. The van der Waals surface area contributed by atoms with E-state index < -0.39 is 5.97 Å². The predicted octanol–water partition coefficient (Wildman–Crippen LogP) is 2.50. The Bertz CT molecular complexity index is 339. The van der Waals surface area contributed by atoms with Crippen molar-refractivity contribution in [3.8, 4) is 0 Å². The Balaban J connectivity index is 2.03. The molecule has 4 nitrogen and oxygen atoms in total. The maximum absolute atomic E-state index is 10.8. The second kappa shape index (κ2) is 4.47. The topological polar surface area (TPSA) is 63.3 Å². The Labute approximate surface area is 88.3 Å². The Hall–Kier alpha value is -1.32. The number of hydrogen-bond acceptors (Lipinski definition) is 3. The highest BCUT2D eigenvalue weighted by molar-refractivity contribution is 5.88. The van der Waals surface area contributed by atoms with Gasteiger partial charge in [0.15, 0.2) is 5.76 Å². The number of hydrogen-bond donors (Lipinski definition) is 1. The number of rotatable bonds is 3. The molecule has 1 fully saturated rings. The summed E-state index contributed by atoms with van der Waals surface area (Å²) in [5, 5.41) is 12.4. The summed E-state index contributed by atoms with van der Waals surface area (Å²) < 4.78 is 5.00. The molecule has 1 aromatic rings. The molecular formula is C11H15NO3. The minimum atomic E-state index is -0.943. The Kier molecular flexibility index (Phi) is 3.04. The molecule has 82 valence electrons. The van der Waals surface area contributed by atoms with Crippen LogP contribution in [0, 0.1) is 5.92 Å². The fourth-order valence-electron chi connectivity index (χ4n) is 2.24. The maximum atomic E-state index is 10.8. The SMILES string of the molecule is O=C(O)c1cnoc1CC1CCCCC1. The molecule has 1 saturated carbocycles. The molecular weight excluding hydrogens is 194 g/mol. The van der Waals surface area contributed by atoms with E-state index in [2.05, 4.69) is 5.16 Å². The van der Waals surface area contributed by atoms with E-state index in [-0.39, 0.29) is 5.56 Å². The second-order valence-corrected chi connectivity index (χ2v) is 4.18. The summed E-state index contributed by atoms with van der Waals surface area (Å²) in [6.07, 6.45) is 8.18. The van der Waals surface area contributed by atoms with Crippen LogP contribution in [0.2, 0.25) is 0 Å². The van der Waals surface area contributed by atoms with Crippen molar-refractivity contribution in [3.05, 3.63) is 17.5 Å².